The largest absolute Gasteiger partial charge is 0.497 e. The van der Waals surface area contributed by atoms with E-state index < -0.39 is 6.23 Å². The molecule has 7 nitrogen and oxygen atoms in total. The monoisotopic (exact) mass is 352 g/mol. The summed E-state index contributed by atoms with van der Waals surface area (Å²) >= 11 is 0. The van der Waals surface area contributed by atoms with Crippen molar-refractivity contribution >= 4 is 22.5 Å². The third-order valence-electron chi connectivity index (χ3n) is 4.38. The van der Waals surface area contributed by atoms with Gasteiger partial charge in [0.1, 0.15) is 11.4 Å². The number of nitrogens with zero attached hydrogens (tertiary/aromatic N) is 1. The molecule has 1 atom stereocenters. The van der Waals surface area contributed by atoms with Gasteiger partial charge in [0.05, 0.1) is 18.3 Å². The van der Waals surface area contributed by atoms with Gasteiger partial charge in [-0.05, 0) is 18.2 Å². The van der Waals surface area contributed by atoms with E-state index in [1.807, 2.05) is 24.3 Å². The summed E-state index contributed by atoms with van der Waals surface area (Å²) in [6.07, 6.45) is -0.299. The van der Waals surface area contributed by atoms with Gasteiger partial charge in [0, 0.05) is 34.5 Å². The predicted molar refractivity (Wildman–Crippen MR) is 95.9 cm³/mol. The molecule has 1 aliphatic rings. The van der Waals surface area contributed by atoms with Crippen LogP contribution in [0.4, 0.5) is 5.69 Å². The topological polar surface area (TPSA) is 83.4 Å². The maximum atomic E-state index is 12.3. The summed E-state index contributed by atoms with van der Waals surface area (Å²) in [4.78, 5) is 27.7. The summed E-state index contributed by atoms with van der Waals surface area (Å²) in [5.41, 5.74) is 1.87. The van der Waals surface area contributed by atoms with E-state index in [0.29, 0.717) is 35.8 Å². The number of fused-ring (bicyclic) bond motifs is 2. The zero-order chi connectivity index (χ0) is 18.1. The first-order valence-electron chi connectivity index (χ1n) is 8.33. The lowest BCUT2D eigenvalue weighted by atomic mass is 10.2. The third kappa shape index (κ3) is 2.88. The molecule has 0 aliphatic carbocycles. The normalized spacial score (nSPS) is 15.6. The fourth-order valence-electron chi connectivity index (χ4n) is 3.02. The molecular formula is C19H18N3O4+. The molecule has 3 aromatic rings. The summed E-state index contributed by atoms with van der Waals surface area (Å²) in [6.45, 7) is 0.322. The van der Waals surface area contributed by atoms with Gasteiger partial charge in [-0.15, -0.1) is 0 Å². The van der Waals surface area contributed by atoms with Gasteiger partial charge < -0.3 is 19.8 Å². The van der Waals surface area contributed by atoms with Crippen LogP contribution < -0.4 is 14.8 Å². The number of methoxy groups -OCH3 is 1. The first kappa shape index (κ1) is 16.1. The molecule has 0 saturated carbocycles. The highest BCUT2D eigenvalue weighted by atomic mass is 16.5. The van der Waals surface area contributed by atoms with Crippen LogP contribution in [0.15, 0.2) is 48.5 Å². The molecule has 0 spiro atoms. The molecule has 26 heavy (non-hydrogen) atoms. The summed E-state index contributed by atoms with van der Waals surface area (Å²) < 4.78 is 11.6. The molecule has 7 heteroatoms. The number of rotatable bonds is 5. The number of carbonyl (C=O) groups excluding carboxylic acids is 1. The van der Waals surface area contributed by atoms with E-state index in [4.69, 9.17) is 9.47 Å². The average Bonchev–Trinajstić information content (AvgIpc) is 3.23. The number of ether oxygens (including phenoxy) is 2. The Labute approximate surface area is 149 Å². The second kappa shape index (κ2) is 6.51. The van der Waals surface area contributed by atoms with Crippen LogP contribution in [0.25, 0.3) is 10.9 Å². The molecule has 4 rings (SSSR count). The Hall–Kier alpha value is -3.35. The number of hydrogen-bond donors (Lipinski definition) is 2. The minimum absolute atomic E-state index is 0.212. The molecule has 0 saturated heterocycles. The SMILES string of the molecule is COc1ccc2c(c1)OC(CCNC(=O)c1cc3ccccc3[nH]1)[N+]2=O. The first-order valence-corrected chi connectivity index (χ1v) is 8.33. The summed E-state index contributed by atoms with van der Waals surface area (Å²) in [7, 11) is 1.56. The van der Waals surface area contributed by atoms with E-state index >= 15 is 0 Å². The fraction of sp³-hybridized carbons (Fsp3) is 0.211. The summed E-state index contributed by atoms with van der Waals surface area (Å²) in [5.74, 6) is 0.909. The minimum atomic E-state index is -0.667. The standard InChI is InChI=1S/C19H17N3O4/c1-25-13-6-7-16-17(11-13)26-18(22(16)24)8-9-20-19(23)15-10-12-4-2-3-5-14(12)21-15/h2-7,10-11,18H,8-9H2,1H3,(H-,20,21,23)/p+1. The van der Waals surface area contributed by atoms with Crippen molar-refractivity contribution in [3.63, 3.8) is 0 Å². The van der Waals surface area contributed by atoms with Gasteiger partial charge in [0.15, 0.2) is 0 Å². The molecule has 0 radical (unpaired) electrons. The van der Waals surface area contributed by atoms with E-state index in [1.165, 1.54) is 0 Å². The van der Waals surface area contributed by atoms with E-state index in [0.717, 1.165) is 15.7 Å². The number of carbonyl (C=O) groups is 1. The van der Waals surface area contributed by atoms with Crippen LogP contribution in [0.5, 0.6) is 11.5 Å². The zero-order valence-electron chi connectivity index (χ0n) is 14.2. The van der Waals surface area contributed by atoms with Crippen LogP contribution in [0, 0.1) is 4.91 Å². The first-order chi connectivity index (χ1) is 12.7. The van der Waals surface area contributed by atoms with Gasteiger partial charge in [0.2, 0.25) is 5.75 Å². The number of benzene rings is 2. The van der Waals surface area contributed by atoms with Crippen molar-refractivity contribution in [2.75, 3.05) is 13.7 Å². The third-order valence-corrected chi connectivity index (χ3v) is 4.38. The molecule has 2 N–H and O–H groups in total. The summed E-state index contributed by atoms with van der Waals surface area (Å²) in [6, 6.07) is 14.6. The highest BCUT2D eigenvalue weighted by molar-refractivity contribution is 5.97. The number of aromatic nitrogens is 1. The van der Waals surface area contributed by atoms with Crippen LogP contribution in [0.3, 0.4) is 0 Å². The number of hydrogen-bond acceptors (Lipinski definition) is 4. The molecule has 2 heterocycles. The average molecular weight is 352 g/mol. The lowest BCUT2D eigenvalue weighted by Gasteiger charge is -2.05. The number of amides is 1. The Bertz CT molecular complexity index is 962. The molecule has 0 fully saturated rings. The Morgan fingerprint density at radius 2 is 2.12 bits per heavy atom. The maximum Gasteiger partial charge on any atom is 0.352 e. The zero-order valence-corrected chi connectivity index (χ0v) is 14.2. The molecular weight excluding hydrogens is 334 g/mol. The predicted octanol–water partition coefficient (Wildman–Crippen LogP) is 3.13. The van der Waals surface area contributed by atoms with E-state index in [9.17, 15) is 9.70 Å². The molecule has 1 aromatic heterocycles. The Kier molecular flexibility index (Phi) is 4.04. The molecule has 0 bridgehead atoms. The Morgan fingerprint density at radius 3 is 2.92 bits per heavy atom. The Morgan fingerprint density at radius 1 is 1.27 bits per heavy atom. The van der Waals surface area contributed by atoms with Gasteiger partial charge in [0.25, 0.3) is 5.91 Å². The number of nitrogens with one attached hydrogen (secondary N) is 2. The van der Waals surface area contributed by atoms with Crippen LogP contribution in [-0.4, -0.2) is 35.5 Å². The van der Waals surface area contributed by atoms with Crippen LogP contribution >= 0.6 is 0 Å². The van der Waals surface area contributed by atoms with Crippen molar-refractivity contribution in [1.82, 2.24) is 10.3 Å². The quantitative estimate of drug-likeness (QED) is 0.691. The van der Waals surface area contributed by atoms with Crippen molar-refractivity contribution in [2.24, 2.45) is 0 Å². The van der Waals surface area contributed by atoms with Crippen LogP contribution in [0.2, 0.25) is 0 Å². The van der Waals surface area contributed by atoms with Gasteiger partial charge in [-0.3, -0.25) is 4.79 Å². The minimum Gasteiger partial charge on any atom is -0.497 e. The second-order valence-electron chi connectivity index (χ2n) is 6.05. The molecule has 1 aliphatic heterocycles. The van der Waals surface area contributed by atoms with Gasteiger partial charge in [-0.2, -0.15) is 0 Å². The van der Waals surface area contributed by atoms with Crippen LogP contribution in [0.1, 0.15) is 16.9 Å². The number of aromatic amines is 1. The van der Waals surface area contributed by atoms with Gasteiger partial charge >= 0.3 is 11.9 Å². The highest BCUT2D eigenvalue weighted by Gasteiger charge is 2.40. The number of H-pyrrole nitrogens is 1. The lowest BCUT2D eigenvalue weighted by molar-refractivity contribution is -0.529. The summed E-state index contributed by atoms with van der Waals surface area (Å²) in [5, 5.41) is 3.79. The van der Waals surface area contributed by atoms with E-state index in [2.05, 4.69) is 10.3 Å². The highest BCUT2D eigenvalue weighted by Crippen LogP contribution is 2.38. The van der Waals surface area contributed by atoms with Crippen molar-refractivity contribution in [3.8, 4) is 11.5 Å². The van der Waals surface area contributed by atoms with Gasteiger partial charge in [-0.1, -0.05) is 18.2 Å². The Balaban J connectivity index is 1.36. The lowest BCUT2D eigenvalue weighted by Crippen LogP contribution is -2.31. The molecule has 1 amide bonds. The molecule has 132 valence electrons. The van der Waals surface area contributed by atoms with E-state index in [-0.39, 0.29) is 5.91 Å². The van der Waals surface area contributed by atoms with Crippen molar-refractivity contribution in [3.05, 3.63) is 59.1 Å². The molecule has 1 unspecified atom stereocenters. The second-order valence-corrected chi connectivity index (χ2v) is 6.05. The molecule has 2 aromatic carbocycles. The van der Waals surface area contributed by atoms with Gasteiger partial charge in [-0.25, -0.2) is 0 Å². The smallest absolute Gasteiger partial charge is 0.352 e. The van der Waals surface area contributed by atoms with Crippen molar-refractivity contribution < 1.29 is 19.0 Å². The fourth-order valence-corrected chi connectivity index (χ4v) is 3.02. The van der Waals surface area contributed by atoms with Crippen molar-refractivity contribution in [1.29, 1.82) is 0 Å². The van der Waals surface area contributed by atoms with Crippen LogP contribution in [-0.2, 0) is 0 Å². The van der Waals surface area contributed by atoms with E-state index in [1.54, 1.807) is 31.4 Å². The van der Waals surface area contributed by atoms with Crippen molar-refractivity contribution in [2.45, 2.75) is 12.6 Å². The number of para-hydroxylation sites is 1. The number of nitroso groups, excluding NO2 is 1. The maximum absolute atomic E-state index is 12.3.